The van der Waals surface area contributed by atoms with E-state index in [4.69, 9.17) is 4.52 Å². The van der Waals surface area contributed by atoms with Crippen LogP contribution in [0.2, 0.25) is 0 Å². The predicted molar refractivity (Wildman–Crippen MR) is 104 cm³/mol. The van der Waals surface area contributed by atoms with E-state index in [0.717, 1.165) is 16.7 Å². The average Bonchev–Trinajstić information content (AvgIpc) is 3.19. The van der Waals surface area contributed by atoms with Gasteiger partial charge < -0.3 is 9.84 Å². The lowest BCUT2D eigenvalue weighted by Crippen LogP contribution is -2.13. The molecule has 4 aromatic rings. The Bertz CT molecular complexity index is 1090. The number of amides is 1. The average molecular weight is 355 g/mol. The minimum atomic E-state index is -0.152. The van der Waals surface area contributed by atoms with E-state index in [9.17, 15) is 4.79 Å². The molecule has 1 amide bonds. The van der Waals surface area contributed by atoms with Crippen molar-refractivity contribution in [3.05, 3.63) is 90.0 Å². The zero-order valence-electron chi connectivity index (χ0n) is 14.7. The first-order valence-electron chi connectivity index (χ1n) is 8.57. The fourth-order valence-electron chi connectivity index (χ4n) is 2.80. The van der Waals surface area contributed by atoms with Crippen molar-refractivity contribution in [2.75, 3.05) is 5.32 Å². The van der Waals surface area contributed by atoms with Crippen molar-refractivity contribution in [2.45, 2.75) is 6.92 Å². The van der Waals surface area contributed by atoms with Crippen LogP contribution >= 0.6 is 0 Å². The van der Waals surface area contributed by atoms with Crippen LogP contribution in [0, 0.1) is 6.92 Å². The van der Waals surface area contributed by atoms with Crippen LogP contribution in [0.1, 0.15) is 15.9 Å². The van der Waals surface area contributed by atoms with Gasteiger partial charge in [-0.15, -0.1) is 0 Å². The van der Waals surface area contributed by atoms with Gasteiger partial charge in [0.15, 0.2) is 0 Å². The number of rotatable bonds is 4. The third-order valence-corrected chi connectivity index (χ3v) is 4.22. The third kappa shape index (κ3) is 3.62. The molecule has 5 heteroatoms. The number of aryl methyl sites for hydroxylation is 1. The van der Waals surface area contributed by atoms with E-state index in [1.165, 1.54) is 0 Å². The van der Waals surface area contributed by atoms with Crippen LogP contribution in [0.4, 0.5) is 5.69 Å². The van der Waals surface area contributed by atoms with Crippen LogP contribution in [0.15, 0.2) is 83.4 Å². The van der Waals surface area contributed by atoms with E-state index in [0.29, 0.717) is 23.0 Å². The second-order valence-corrected chi connectivity index (χ2v) is 6.14. The highest BCUT2D eigenvalue weighted by atomic mass is 16.5. The quantitative estimate of drug-likeness (QED) is 0.561. The molecule has 4 rings (SSSR count). The van der Waals surface area contributed by atoms with Gasteiger partial charge in [0.1, 0.15) is 0 Å². The van der Waals surface area contributed by atoms with Gasteiger partial charge in [0, 0.05) is 22.4 Å². The number of benzene rings is 3. The highest BCUT2D eigenvalue weighted by Gasteiger charge is 2.12. The van der Waals surface area contributed by atoms with Crippen molar-refractivity contribution < 1.29 is 9.32 Å². The van der Waals surface area contributed by atoms with Crippen LogP contribution in [0.5, 0.6) is 0 Å². The summed E-state index contributed by atoms with van der Waals surface area (Å²) < 4.78 is 5.40. The summed E-state index contributed by atoms with van der Waals surface area (Å²) >= 11 is 0. The smallest absolute Gasteiger partial charge is 0.258 e. The molecule has 0 aliphatic heterocycles. The van der Waals surface area contributed by atoms with Crippen molar-refractivity contribution in [1.82, 2.24) is 10.1 Å². The van der Waals surface area contributed by atoms with E-state index < -0.39 is 0 Å². The zero-order chi connectivity index (χ0) is 18.6. The SMILES string of the molecule is Cc1ccccc1C(=O)Nc1cccc(-c2nc(-c3ccccc3)no2)c1. The molecule has 0 spiro atoms. The first-order valence-corrected chi connectivity index (χ1v) is 8.57. The van der Waals surface area contributed by atoms with Crippen molar-refractivity contribution in [3.8, 4) is 22.8 Å². The molecule has 1 heterocycles. The van der Waals surface area contributed by atoms with Crippen LogP contribution in [0.3, 0.4) is 0 Å². The molecular formula is C22H17N3O2. The molecule has 132 valence electrons. The Hall–Kier alpha value is -3.73. The Morgan fingerprint density at radius 1 is 0.889 bits per heavy atom. The normalized spacial score (nSPS) is 10.6. The first kappa shape index (κ1) is 16.7. The molecule has 0 aliphatic carbocycles. The number of nitrogens with zero attached hydrogens (tertiary/aromatic N) is 2. The molecule has 0 aliphatic rings. The summed E-state index contributed by atoms with van der Waals surface area (Å²) in [6.07, 6.45) is 0. The second kappa shape index (κ2) is 7.25. The van der Waals surface area contributed by atoms with E-state index >= 15 is 0 Å². The molecule has 0 bridgehead atoms. The largest absolute Gasteiger partial charge is 0.334 e. The molecule has 1 aromatic heterocycles. The topological polar surface area (TPSA) is 68.0 Å². The molecule has 0 unspecified atom stereocenters. The van der Waals surface area contributed by atoms with Crippen molar-refractivity contribution >= 4 is 11.6 Å². The fourth-order valence-corrected chi connectivity index (χ4v) is 2.80. The maximum Gasteiger partial charge on any atom is 0.258 e. The minimum Gasteiger partial charge on any atom is -0.334 e. The summed E-state index contributed by atoms with van der Waals surface area (Å²) in [5.74, 6) is 0.779. The first-order chi connectivity index (χ1) is 13.2. The van der Waals surface area contributed by atoms with Gasteiger partial charge in [-0.3, -0.25) is 4.79 Å². The van der Waals surface area contributed by atoms with Crippen molar-refractivity contribution in [3.63, 3.8) is 0 Å². The molecule has 5 nitrogen and oxygen atoms in total. The number of aromatic nitrogens is 2. The van der Waals surface area contributed by atoms with Crippen LogP contribution < -0.4 is 5.32 Å². The van der Waals surface area contributed by atoms with Gasteiger partial charge in [-0.05, 0) is 36.8 Å². The number of hydrogen-bond acceptors (Lipinski definition) is 4. The van der Waals surface area contributed by atoms with Crippen LogP contribution in [-0.2, 0) is 0 Å². The van der Waals surface area contributed by atoms with Gasteiger partial charge in [0.2, 0.25) is 5.82 Å². The summed E-state index contributed by atoms with van der Waals surface area (Å²) in [6, 6.07) is 24.5. The van der Waals surface area contributed by atoms with Gasteiger partial charge in [-0.25, -0.2) is 0 Å². The van der Waals surface area contributed by atoms with Gasteiger partial charge in [-0.1, -0.05) is 59.8 Å². The number of anilines is 1. The van der Waals surface area contributed by atoms with Crippen LogP contribution in [0.25, 0.3) is 22.8 Å². The molecule has 1 N–H and O–H groups in total. The van der Waals surface area contributed by atoms with E-state index in [2.05, 4.69) is 15.5 Å². The molecule has 3 aromatic carbocycles. The third-order valence-electron chi connectivity index (χ3n) is 4.22. The Morgan fingerprint density at radius 3 is 2.44 bits per heavy atom. The molecule has 0 saturated carbocycles. The second-order valence-electron chi connectivity index (χ2n) is 6.14. The van der Waals surface area contributed by atoms with Gasteiger partial charge in [0.05, 0.1) is 0 Å². The Labute approximate surface area is 156 Å². The molecular weight excluding hydrogens is 338 g/mol. The van der Waals surface area contributed by atoms with E-state index in [-0.39, 0.29) is 5.91 Å². The molecule has 0 atom stereocenters. The Kier molecular flexibility index (Phi) is 4.49. The number of carbonyl (C=O) groups excluding carboxylic acids is 1. The van der Waals surface area contributed by atoms with Crippen molar-refractivity contribution in [2.24, 2.45) is 0 Å². The van der Waals surface area contributed by atoms with E-state index in [1.54, 1.807) is 6.07 Å². The maximum atomic E-state index is 12.5. The van der Waals surface area contributed by atoms with Gasteiger partial charge >= 0.3 is 0 Å². The van der Waals surface area contributed by atoms with Crippen LogP contribution in [-0.4, -0.2) is 16.0 Å². The maximum absolute atomic E-state index is 12.5. The Balaban J connectivity index is 1.57. The van der Waals surface area contributed by atoms with E-state index in [1.807, 2.05) is 79.7 Å². The number of hydrogen-bond donors (Lipinski definition) is 1. The Morgan fingerprint density at radius 2 is 1.63 bits per heavy atom. The monoisotopic (exact) mass is 355 g/mol. The molecule has 0 fully saturated rings. The van der Waals surface area contributed by atoms with Crippen molar-refractivity contribution in [1.29, 1.82) is 0 Å². The lowest BCUT2D eigenvalue weighted by molar-refractivity contribution is 0.102. The lowest BCUT2D eigenvalue weighted by atomic mass is 10.1. The standard InChI is InChI=1S/C22H17N3O2/c1-15-8-5-6-13-19(15)21(26)23-18-12-7-11-17(14-18)22-24-20(25-27-22)16-9-3-2-4-10-16/h2-14H,1H3,(H,23,26). The summed E-state index contributed by atoms with van der Waals surface area (Å²) in [7, 11) is 0. The predicted octanol–water partition coefficient (Wildman–Crippen LogP) is 4.96. The van der Waals surface area contributed by atoms with Gasteiger partial charge in [0.25, 0.3) is 11.8 Å². The lowest BCUT2D eigenvalue weighted by Gasteiger charge is -2.08. The number of nitrogens with one attached hydrogen (secondary N) is 1. The number of carbonyl (C=O) groups is 1. The summed E-state index contributed by atoms with van der Waals surface area (Å²) in [5, 5.41) is 6.96. The molecule has 0 radical (unpaired) electrons. The summed E-state index contributed by atoms with van der Waals surface area (Å²) in [6.45, 7) is 1.91. The summed E-state index contributed by atoms with van der Waals surface area (Å²) in [5.41, 5.74) is 3.87. The minimum absolute atomic E-state index is 0.152. The molecule has 0 saturated heterocycles. The molecule has 27 heavy (non-hydrogen) atoms. The fraction of sp³-hybridized carbons (Fsp3) is 0.0455. The van der Waals surface area contributed by atoms with Gasteiger partial charge in [-0.2, -0.15) is 4.98 Å². The summed E-state index contributed by atoms with van der Waals surface area (Å²) in [4.78, 5) is 17.0. The zero-order valence-corrected chi connectivity index (χ0v) is 14.7. The highest BCUT2D eigenvalue weighted by molar-refractivity contribution is 6.05. The highest BCUT2D eigenvalue weighted by Crippen LogP contribution is 2.24.